The van der Waals surface area contributed by atoms with Crippen LogP contribution in [0.5, 0.6) is 0 Å². The molecule has 2 bridgehead atoms. The Balaban J connectivity index is 1.92. The molecule has 5 heteroatoms. The first-order valence-corrected chi connectivity index (χ1v) is 8.80. The summed E-state index contributed by atoms with van der Waals surface area (Å²) in [6, 6.07) is 4.72. The smallest absolute Gasteiger partial charge is 0.411 e. The zero-order valence-corrected chi connectivity index (χ0v) is 15.1. The Bertz CT molecular complexity index is 660. The molecule has 1 amide bonds. The zero-order chi connectivity index (χ0) is 17.5. The van der Waals surface area contributed by atoms with E-state index in [9.17, 15) is 9.18 Å². The fourth-order valence-electron chi connectivity index (χ4n) is 3.62. The van der Waals surface area contributed by atoms with Crippen LogP contribution in [0.2, 0.25) is 5.02 Å². The van der Waals surface area contributed by atoms with Crippen LogP contribution in [0.3, 0.4) is 0 Å². The molecule has 130 valence electrons. The molecule has 3 nitrogen and oxygen atoms in total. The fourth-order valence-corrected chi connectivity index (χ4v) is 3.90. The summed E-state index contributed by atoms with van der Waals surface area (Å²) < 4.78 is 19.8. The number of halogens is 2. The zero-order valence-electron chi connectivity index (χ0n) is 14.3. The van der Waals surface area contributed by atoms with E-state index in [0.717, 1.165) is 24.8 Å². The van der Waals surface area contributed by atoms with Gasteiger partial charge in [0.05, 0.1) is 11.1 Å². The third-order valence-corrected chi connectivity index (χ3v) is 4.84. The highest BCUT2D eigenvalue weighted by molar-refractivity contribution is 6.32. The normalized spacial score (nSPS) is 23.7. The lowest BCUT2D eigenvalue weighted by Gasteiger charge is -2.45. The van der Waals surface area contributed by atoms with Crippen LogP contribution in [0.4, 0.5) is 9.18 Å². The van der Waals surface area contributed by atoms with Gasteiger partial charge in [-0.2, -0.15) is 0 Å². The quantitative estimate of drug-likeness (QED) is 0.675. The number of benzene rings is 1. The van der Waals surface area contributed by atoms with Gasteiger partial charge in [-0.15, -0.1) is 0 Å². The Morgan fingerprint density at radius 2 is 2.08 bits per heavy atom. The summed E-state index contributed by atoms with van der Waals surface area (Å²) in [5.41, 5.74) is 0.844. The van der Waals surface area contributed by atoms with Crippen molar-refractivity contribution < 1.29 is 13.9 Å². The van der Waals surface area contributed by atoms with Gasteiger partial charge in [0.15, 0.2) is 0 Å². The molecule has 3 rings (SSSR count). The van der Waals surface area contributed by atoms with E-state index in [2.05, 4.69) is 0 Å². The molecule has 1 aromatic rings. The fraction of sp³-hybridized carbons (Fsp3) is 0.526. The van der Waals surface area contributed by atoms with Crippen LogP contribution in [0, 0.1) is 5.82 Å². The van der Waals surface area contributed by atoms with Crippen molar-refractivity contribution in [2.24, 2.45) is 0 Å². The van der Waals surface area contributed by atoms with Gasteiger partial charge in [-0.25, -0.2) is 9.18 Å². The lowest BCUT2D eigenvalue weighted by atomic mass is 9.83. The van der Waals surface area contributed by atoms with E-state index >= 15 is 0 Å². The van der Waals surface area contributed by atoms with E-state index in [0.29, 0.717) is 17.0 Å². The molecular weight excluding hydrogens is 329 g/mol. The minimum Gasteiger partial charge on any atom is -0.444 e. The maximum atomic E-state index is 14.3. The molecule has 24 heavy (non-hydrogen) atoms. The Morgan fingerprint density at radius 3 is 2.71 bits per heavy atom. The largest absolute Gasteiger partial charge is 0.444 e. The van der Waals surface area contributed by atoms with E-state index in [1.807, 2.05) is 31.7 Å². The van der Waals surface area contributed by atoms with Gasteiger partial charge in [-0.05, 0) is 64.2 Å². The van der Waals surface area contributed by atoms with Gasteiger partial charge < -0.3 is 4.74 Å². The molecule has 2 aliphatic rings. The first-order valence-electron chi connectivity index (χ1n) is 8.42. The SMILES string of the molecule is CC(C)(C)OC(=O)N1C2C=C(c3c(F)cccc3Cl)CC1CCC2. The third kappa shape index (κ3) is 3.44. The number of rotatable bonds is 1. The van der Waals surface area contributed by atoms with E-state index in [1.165, 1.54) is 6.07 Å². The number of fused-ring (bicyclic) bond motifs is 2. The van der Waals surface area contributed by atoms with Crippen molar-refractivity contribution in [1.29, 1.82) is 0 Å². The molecule has 0 spiro atoms. The summed E-state index contributed by atoms with van der Waals surface area (Å²) in [6.07, 6.45) is 5.14. The van der Waals surface area contributed by atoms with Crippen LogP contribution >= 0.6 is 11.6 Å². The molecule has 1 fully saturated rings. The molecule has 0 aliphatic carbocycles. The van der Waals surface area contributed by atoms with E-state index in [1.54, 1.807) is 12.1 Å². The molecule has 0 N–H and O–H groups in total. The molecule has 2 aliphatic heterocycles. The van der Waals surface area contributed by atoms with Crippen molar-refractivity contribution in [3.8, 4) is 0 Å². The van der Waals surface area contributed by atoms with Gasteiger partial charge in [-0.1, -0.05) is 23.7 Å². The number of piperidine rings is 1. The molecular formula is C19H23ClFNO2. The van der Waals surface area contributed by atoms with Crippen molar-refractivity contribution in [2.75, 3.05) is 0 Å². The lowest BCUT2D eigenvalue weighted by Crippen LogP contribution is -2.53. The number of hydrogen-bond acceptors (Lipinski definition) is 2. The van der Waals surface area contributed by atoms with Gasteiger partial charge >= 0.3 is 6.09 Å². The number of carbonyl (C=O) groups excluding carboxylic acids is 1. The highest BCUT2D eigenvalue weighted by Gasteiger charge is 2.39. The van der Waals surface area contributed by atoms with Crippen molar-refractivity contribution in [3.05, 3.63) is 40.7 Å². The number of carbonyl (C=O) groups is 1. The predicted octanol–water partition coefficient (Wildman–Crippen LogP) is 5.42. The maximum absolute atomic E-state index is 14.3. The van der Waals surface area contributed by atoms with Crippen LogP contribution in [-0.2, 0) is 4.74 Å². The summed E-state index contributed by atoms with van der Waals surface area (Å²) >= 11 is 6.22. The van der Waals surface area contributed by atoms with Crippen molar-refractivity contribution in [2.45, 2.75) is 64.1 Å². The van der Waals surface area contributed by atoms with E-state index in [-0.39, 0.29) is 24.0 Å². The first kappa shape index (κ1) is 17.3. The molecule has 0 aromatic heterocycles. The Morgan fingerprint density at radius 1 is 1.33 bits per heavy atom. The molecule has 2 heterocycles. The van der Waals surface area contributed by atoms with Crippen LogP contribution in [0.1, 0.15) is 52.0 Å². The molecule has 2 unspecified atom stereocenters. The Kier molecular flexibility index (Phi) is 4.60. The second kappa shape index (κ2) is 6.40. The van der Waals surface area contributed by atoms with Gasteiger partial charge in [0, 0.05) is 11.6 Å². The van der Waals surface area contributed by atoms with Gasteiger partial charge in [0.1, 0.15) is 11.4 Å². The highest BCUT2D eigenvalue weighted by atomic mass is 35.5. The van der Waals surface area contributed by atoms with E-state index in [4.69, 9.17) is 16.3 Å². The first-order chi connectivity index (χ1) is 11.3. The summed E-state index contributed by atoms with van der Waals surface area (Å²) in [6.45, 7) is 5.60. The predicted molar refractivity (Wildman–Crippen MR) is 93.5 cm³/mol. The monoisotopic (exact) mass is 351 g/mol. The number of nitrogens with zero attached hydrogens (tertiary/aromatic N) is 1. The topological polar surface area (TPSA) is 29.5 Å². The maximum Gasteiger partial charge on any atom is 0.411 e. The minimum atomic E-state index is -0.524. The molecule has 1 aromatic carbocycles. The summed E-state index contributed by atoms with van der Waals surface area (Å²) in [7, 11) is 0. The van der Waals surface area contributed by atoms with Gasteiger partial charge in [-0.3, -0.25) is 4.90 Å². The molecule has 1 saturated heterocycles. The number of ether oxygens (including phenoxy) is 1. The third-order valence-electron chi connectivity index (χ3n) is 4.53. The Hall–Kier alpha value is -1.55. The van der Waals surface area contributed by atoms with Crippen LogP contribution in [0.15, 0.2) is 24.3 Å². The van der Waals surface area contributed by atoms with Crippen molar-refractivity contribution in [1.82, 2.24) is 4.90 Å². The minimum absolute atomic E-state index is 0.0364. The van der Waals surface area contributed by atoms with Crippen molar-refractivity contribution >= 4 is 23.3 Å². The summed E-state index contributed by atoms with van der Waals surface area (Å²) in [4.78, 5) is 14.4. The summed E-state index contributed by atoms with van der Waals surface area (Å²) in [5.74, 6) is -0.308. The second-order valence-corrected chi connectivity index (χ2v) is 7.94. The van der Waals surface area contributed by atoms with Crippen LogP contribution < -0.4 is 0 Å². The number of amides is 1. The molecule has 0 radical (unpaired) electrons. The highest BCUT2D eigenvalue weighted by Crippen LogP contribution is 2.40. The van der Waals surface area contributed by atoms with Crippen LogP contribution in [0.25, 0.3) is 5.57 Å². The van der Waals surface area contributed by atoms with Crippen molar-refractivity contribution in [3.63, 3.8) is 0 Å². The molecule has 2 atom stereocenters. The van der Waals surface area contributed by atoms with Gasteiger partial charge in [0.2, 0.25) is 0 Å². The van der Waals surface area contributed by atoms with E-state index < -0.39 is 5.60 Å². The standard InChI is InChI=1S/C19H23ClFNO2/c1-19(2,3)24-18(23)22-13-6-4-7-14(22)11-12(10-13)17-15(20)8-5-9-16(17)21/h5,8-10,13-14H,4,6-7,11H2,1-3H3. The number of hydrogen-bond donors (Lipinski definition) is 0. The molecule has 0 saturated carbocycles. The Labute approximate surface area is 147 Å². The van der Waals surface area contributed by atoms with Gasteiger partial charge in [0.25, 0.3) is 0 Å². The summed E-state index contributed by atoms with van der Waals surface area (Å²) in [5, 5.41) is 0.421. The average molecular weight is 352 g/mol. The lowest BCUT2D eigenvalue weighted by molar-refractivity contribution is 0.0000803. The second-order valence-electron chi connectivity index (χ2n) is 7.53. The van der Waals surface area contributed by atoms with Crippen LogP contribution in [-0.4, -0.2) is 28.7 Å². The average Bonchev–Trinajstić information content (AvgIpc) is 2.44.